The molecule has 0 unspecified atom stereocenters. The molecule has 0 saturated carbocycles. The molecule has 0 aromatic heterocycles. The number of benzene rings is 2. The van der Waals surface area contributed by atoms with E-state index in [-0.39, 0.29) is 45.1 Å². The van der Waals surface area contributed by atoms with E-state index in [2.05, 4.69) is 27.7 Å². The van der Waals surface area contributed by atoms with E-state index >= 15 is 0 Å². The van der Waals surface area contributed by atoms with Gasteiger partial charge >= 0.3 is 56.7 Å². The average molecular weight is 499 g/mol. The molecule has 0 fully saturated rings. The molecule has 0 aliphatic rings. The van der Waals surface area contributed by atoms with Gasteiger partial charge in [-0.1, -0.05) is 60.7 Å². The van der Waals surface area contributed by atoms with E-state index in [1.807, 2.05) is 0 Å². The number of hydrogen-bond acceptors (Lipinski definition) is 4. The molecule has 2 aromatic rings. The molecule has 29 heavy (non-hydrogen) atoms. The van der Waals surface area contributed by atoms with E-state index < -0.39 is 11.9 Å². The summed E-state index contributed by atoms with van der Waals surface area (Å²) >= 11 is 0.0389. The minimum absolute atomic E-state index is 0.0146. The number of aliphatic carboxylic acids is 2. The predicted octanol–water partition coefficient (Wildman–Crippen LogP) is 2.62. The molecule has 0 spiro atoms. The Morgan fingerprint density at radius 3 is 1.21 bits per heavy atom. The van der Waals surface area contributed by atoms with Gasteiger partial charge in [0.2, 0.25) is 0 Å². The van der Waals surface area contributed by atoms with Crippen LogP contribution in [0.2, 0.25) is 7.87 Å². The SMILES string of the molecule is C[CH](C)[Sn+2][CH](C)C.O=C([O-])C(Cc1ccccc1)=C(Cc1ccccc1)C(=O)[O-]. The molecule has 0 N–H and O–H groups in total. The molecule has 0 amide bonds. The zero-order valence-corrected chi connectivity index (χ0v) is 20.3. The first-order valence-corrected chi connectivity index (χ1v) is 13.0. The van der Waals surface area contributed by atoms with Crippen LogP contribution >= 0.6 is 0 Å². The second-order valence-corrected chi connectivity index (χ2v) is 14.9. The van der Waals surface area contributed by atoms with Crippen LogP contribution in [-0.2, 0) is 22.4 Å². The van der Waals surface area contributed by atoms with Crippen molar-refractivity contribution in [3.63, 3.8) is 0 Å². The second kappa shape index (κ2) is 13.2. The van der Waals surface area contributed by atoms with E-state index in [4.69, 9.17) is 0 Å². The number of rotatable bonds is 8. The molecule has 4 nitrogen and oxygen atoms in total. The molecule has 0 aliphatic heterocycles. The second-order valence-electron chi connectivity index (χ2n) is 7.33. The van der Waals surface area contributed by atoms with Crippen LogP contribution in [0.25, 0.3) is 0 Å². The van der Waals surface area contributed by atoms with Gasteiger partial charge in [0.15, 0.2) is 0 Å². The summed E-state index contributed by atoms with van der Waals surface area (Å²) in [4.78, 5) is 22.8. The molecule has 152 valence electrons. The first-order valence-electron chi connectivity index (χ1n) is 9.69. The van der Waals surface area contributed by atoms with Crippen LogP contribution in [0, 0.1) is 0 Å². The van der Waals surface area contributed by atoms with Crippen LogP contribution in [0.5, 0.6) is 0 Å². The molecule has 2 rings (SSSR count). The van der Waals surface area contributed by atoms with E-state index in [0.29, 0.717) is 11.1 Å². The van der Waals surface area contributed by atoms with Crippen molar-refractivity contribution in [3.8, 4) is 0 Å². The third-order valence-corrected chi connectivity index (χ3v) is 7.78. The zero-order valence-electron chi connectivity index (χ0n) is 17.5. The van der Waals surface area contributed by atoms with Crippen molar-refractivity contribution < 1.29 is 19.8 Å². The van der Waals surface area contributed by atoms with Crippen molar-refractivity contribution in [1.29, 1.82) is 0 Å². The van der Waals surface area contributed by atoms with Crippen molar-refractivity contribution in [3.05, 3.63) is 82.9 Å². The van der Waals surface area contributed by atoms with Crippen molar-refractivity contribution in [2.45, 2.75) is 48.4 Å². The molecule has 0 atom stereocenters. The van der Waals surface area contributed by atoms with Gasteiger partial charge in [-0.05, 0) is 35.1 Å². The minimum Gasteiger partial charge on any atom is -0.545 e. The Labute approximate surface area is 183 Å². The van der Waals surface area contributed by atoms with Gasteiger partial charge in [0, 0.05) is 0 Å². The summed E-state index contributed by atoms with van der Waals surface area (Å²) in [5.41, 5.74) is 0.895. The summed E-state index contributed by atoms with van der Waals surface area (Å²) in [6.45, 7) is 9.36. The third-order valence-electron chi connectivity index (χ3n) is 3.97. The maximum absolute atomic E-state index is 11.4. The van der Waals surface area contributed by atoms with Crippen molar-refractivity contribution in [2.75, 3.05) is 0 Å². The molecular weight excluding hydrogens is 471 g/mol. The van der Waals surface area contributed by atoms with Gasteiger partial charge in [0.25, 0.3) is 0 Å². The Morgan fingerprint density at radius 1 is 0.690 bits per heavy atom. The fraction of sp³-hybridized carbons (Fsp3) is 0.333. The van der Waals surface area contributed by atoms with Crippen molar-refractivity contribution in [2.24, 2.45) is 0 Å². The van der Waals surface area contributed by atoms with E-state index in [9.17, 15) is 19.8 Å². The molecule has 0 heterocycles. The maximum atomic E-state index is 11.4. The van der Waals surface area contributed by atoms with Gasteiger partial charge in [-0.25, -0.2) is 0 Å². The van der Waals surface area contributed by atoms with Gasteiger partial charge in [0.05, 0.1) is 11.9 Å². The van der Waals surface area contributed by atoms with Crippen LogP contribution < -0.4 is 10.2 Å². The number of carbonyl (C=O) groups is 2. The largest absolute Gasteiger partial charge is 0.545 e. The number of carboxylic acids is 2. The topological polar surface area (TPSA) is 80.3 Å². The Morgan fingerprint density at radius 2 is 1.00 bits per heavy atom. The Balaban J connectivity index is 0.000000516. The van der Waals surface area contributed by atoms with Gasteiger partial charge in [0.1, 0.15) is 0 Å². The Hall–Kier alpha value is -2.08. The predicted molar refractivity (Wildman–Crippen MR) is 113 cm³/mol. The zero-order chi connectivity index (χ0) is 21.8. The Kier molecular flexibility index (Phi) is 11.4. The summed E-state index contributed by atoms with van der Waals surface area (Å²) in [6.07, 6.45) is -0.0291. The smallest absolute Gasteiger partial charge is 0.0681 e. The summed E-state index contributed by atoms with van der Waals surface area (Å²) in [7, 11) is 0. The van der Waals surface area contributed by atoms with Gasteiger partial charge < -0.3 is 19.8 Å². The van der Waals surface area contributed by atoms with Gasteiger partial charge in [-0.3, -0.25) is 0 Å². The van der Waals surface area contributed by atoms with Crippen LogP contribution in [0.4, 0.5) is 0 Å². The first kappa shape index (κ1) is 25.0. The average Bonchev–Trinajstić information content (AvgIpc) is 2.65. The first-order chi connectivity index (χ1) is 13.7. The van der Waals surface area contributed by atoms with Gasteiger partial charge in [-0.15, -0.1) is 0 Å². The van der Waals surface area contributed by atoms with E-state index in [0.717, 1.165) is 7.87 Å². The standard InChI is InChI=1S/C18H16O4.2C3H7.Sn/c19-17(20)15(11-13-7-3-1-4-8-13)16(18(21)22)12-14-9-5-2-6-10-14;2*1-3-2;/h1-10H,11-12H2,(H,19,20)(H,21,22);2*3H,1-2H3;/q;;;+2/p-2. The third kappa shape index (κ3) is 10.3. The maximum Gasteiger partial charge on any atom is 0.0681 e. The molecule has 2 aromatic carbocycles. The van der Waals surface area contributed by atoms with E-state index in [1.165, 1.54) is 0 Å². The molecule has 0 bridgehead atoms. The van der Waals surface area contributed by atoms with Crippen LogP contribution in [0.1, 0.15) is 38.8 Å². The van der Waals surface area contributed by atoms with Crippen molar-refractivity contribution in [1.82, 2.24) is 0 Å². The molecule has 0 radical (unpaired) electrons. The normalized spacial score (nSPS) is 11.2. The summed E-state index contributed by atoms with van der Waals surface area (Å²) in [6, 6.07) is 17.6. The molecular formula is C24H28O4Sn. The van der Waals surface area contributed by atoms with E-state index in [1.54, 1.807) is 60.7 Å². The molecule has 0 saturated heterocycles. The Bertz CT molecular complexity index is 729. The minimum atomic E-state index is -1.49. The van der Waals surface area contributed by atoms with Gasteiger partial charge in [-0.2, -0.15) is 0 Å². The quantitative estimate of drug-likeness (QED) is 0.414. The fourth-order valence-electron chi connectivity index (χ4n) is 2.87. The van der Waals surface area contributed by atoms with Crippen LogP contribution in [0.3, 0.4) is 0 Å². The fourth-order valence-corrected chi connectivity index (χ4v) is 6.68. The number of hydrogen-bond donors (Lipinski definition) is 0. The number of carbonyl (C=O) groups excluding carboxylic acids is 2. The summed E-state index contributed by atoms with van der Waals surface area (Å²) < 4.78 is 2.09. The molecule has 0 aliphatic carbocycles. The monoisotopic (exact) mass is 500 g/mol. The molecule has 5 heteroatoms. The van der Waals surface area contributed by atoms with Crippen LogP contribution in [-0.4, -0.2) is 33.1 Å². The van der Waals surface area contributed by atoms with Crippen LogP contribution in [0.15, 0.2) is 71.8 Å². The summed E-state index contributed by atoms with van der Waals surface area (Å²) in [5.74, 6) is -2.97. The number of carboxylic acid groups (broad SMARTS) is 2. The summed E-state index contributed by atoms with van der Waals surface area (Å²) in [5, 5.41) is 22.8. The van der Waals surface area contributed by atoms with Crippen molar-refractivity contribution >= 4 is 33.1 Å².